The van der Waals surface area contributed by atoms with Crippen LogP contribution in [0.15, 0.2) is 36.5 Å². The summed E-state index contributed by atoms with van der Waals surface area (Å²) in [5, 5.41) is 1.18. The van der Waals surface area contributed by atoms with Crippen molar-refractivity contribution in [1.82, 2.24) is 10.4 Å². The van der Waals surface area contributed by atoms with Crippen molar-refractivity contribution in [2.24, 2.45) is 17.7 Å². The normalized spacial score (nSPS) is 24.7. The Morgan fingerprint density at radius 2 is 2.21 bits per heavy atom. The molecule has 1 fully saturated rings. The molecule has 0 radical (unpaired) electrons. The molecule has 2 aromatic rings. The van der Waals surface area contributed by atoms with Crippen LogP contribution in [-0.4, -0.2) is 4.98 Å². The van der Waals surface area contributed by atoms with E-state index in [2.05, 4.69) is 41.6 Å². The van der Waals surface area contributed by atoms with Crippen LogP contribution in [0, 0.1) is 11.8 Å². The zero-order chi connectivity index (χ0) is 13.2. The predicted octanol–water partition coefficient (Wildman–Crippen LogP) is 3.18. The maximum absolute atomic E-state index is 5.82. The van der Waals surface area contributed by atoms with Crippen molar-refractivity contribution in [3.63, 3.8) is 0 Å². The summed E-state index contributed by atoms with van der Waals surface area (Å²) in [6.07, 6.45) is 5.73. The lowest BCUT2D eigenvalue weighted by Crippen LogP contribution is -2.34. The molecule has 3 heteroatoms. The van der Waals surface area contributed by atoms with E-state index in [0.29, 0.717) is 5.92 Å². The quantitative estimate of drug-likeness (QED) is 0.654. The lowest BCUT2D eigenvalue weighted by Gasteiger charge is -2.26. The smallest absolute Gasteiger partial charge is 0.0705 e. The molecule has 1 aromatic heterocycles. The van der Waals surface area contributed by atoms with Gasteiger partial charge in [0.2, 0.25) is 0 Å². The molecule has 3 unspecified atom stereocenters. The van der Waals surface area contributed by atoms with Crippen molar-refractivity contribution >= 4 is 10.9 Å². The minimum atomic E-state index is 0.240. The minimum absolute atomic E-state index is 0.240. The third kappa shape index (κ3) is 2.36. The number of rotatable bonds is 3. The van der Waals surface area contributed by atoms with Crippen molar-refractivity contribution in [3.05, 3.63) is 42.1 Å². The van der Waals surface area contributed by atoms with E-state index < -0.39 is 0 Å². The second kappa shape index (κ2) is 5.27. The third-order valence-electron chi connectivity index (χ3n) is 4.52. The number of hydrogen-bond donors (Lipinski definition) is 2. The summed E-state index contributed by atoms with van der Waals surface area (Å²) >= 11 is 0. The molecule has 1 saturated carbocycles. The number of fused-ring (bicyclic) bond motifs is 1. The number of benzene rings is 1. The summed E-state index contributed by atoms with van der Waals surface area (Å²) < 4.78 is 0. The molecule has 0 bridgehead atoms. The predicted molar refractivity (Wildman–Crippen MR) is 78.3 cm³/mol. The molecule has 3 atom stereocenters. The van der Waals surface area contributed by atoms with Crippen LogP contribution in [0.5, 0.6) is 0 Å². The third-order valence-corrected chi connectivity index (χ3v) is 4.52. The Bertz CT molecular complexity index is 567. The van der Waals surface area contributed by atoms with Gasteiger partial charge >= 0.3 is 0 Å². The number of aromatic nitrogens is 1. The Morgan fingerprint density at radius 1 is 1.32 bits per heavy atom. The number of nitrogens with two attached hydrogens (primary N) is 1. The van der Waals surface area contributed by atoms with Crippen molar-refractivity contribution in [2.45, 2.75) is 32.2 Å². The molecular weight excluding hydrogens is 234 g/mol. The average Bonchev–Trinajstić information content (AvgIpc) is 2.86. The monoisotopic (exact) mass is 255 g/mol. The van der Waals surface area contributed by atoms with Crippen LogP contribution in [0.4, 0.5) is 0 Å². The molecular formula is C16H21N3. The van der Waals surface area contributed by atoms with E-state index in [9.17, 15) is 0 Å². The van der Waals surface area contributed by atoms with Crippen LogP contribution >= 0.6 is 0 Å². The summed E-state index contributed by atoms with van der Waals surface area (Å²) in [5.74, 6) is 7.19. The number of nitrogens with one attached hydrogen (secondary N) is 1. The Labute approximate surface area is 114 Å². The molecule has 19 heavy (non-hydrogen) atoms. The first kappa shape index (κ1) is 12.6. The van der Waals surface area contributed by atoms with Crippen LogP contribution in [0.1, 0.15) is 37.8 Å². The maximum atomic E-state index is 5.82. The van der Waals surface area contributed by atoms with Gasteiger partial charge in [0, 0.05) is 17.6 Å². The zero-order valence-corrected chi connectivity index (χ0v) is 11.3. The van der Waals surface area contributed by atoms with Gasteiger partial charge in [-0.15, -0.1) is 0 Å². The van der Waals surface area contributed by atoms with Crippen molar-refractivity contribution in [3.8, 4) is 0 Å². The standard InChI is InChI=1S/C16H21N3/c1-11-4-2-6-14(11)16(19-17)13-8-7-12-5-3-9-18-15(12)10-13/h3,5,7-11,14,16,19H,2,4,6,17H2,1H3. The maximum Gasteiger partial charge on any atom is 0.0705 e. The summed E-state index contributed by atoms with van der Waals surface area (Å²) in [5.41, 5.74) is 5.33. The fourth-order valence-corrected chi connectivity index (χ4v) is 3.41. The number of hydrazine groups is 1. The van der Waals surface area contributed by atoms with Crippen LogP contribution < -0.4 is 11.3 Å². The van der Waals surface area contributed by atoms with Gasteiger partial charge in [0.15, 0.2) is 0 Å². The van der Waals surface area contributed by atoms with Gasteiger partial charge in [-0.1, -0.05) is 38.0 Å². The molecule has 1 aliphatic rings. The number of nitrogens with zero attached hydrogens (tertiary/aromatic N) is 1. The molecule has 0 amide bonds. The average molecular weight is 255 g/mol. The van der Waals surface area contributed by atoms with Crippen LogP contribution in [0.2, 0.25) is 0 Å². The van der Waals surface area contributed by atoms with Gasteiger partial charge in [-0.2, -0.15) is 0 Å². The Kier molecular flexibility index (Phi) is 3.49. The highest BCUT2D eigenvalue weighted by atomic mass is 15.2. The fraction of sp³-hybridized carbons (Fsp3) is 0.438. The topological polar surface area (TPSA) is 50.9 Å². The lowest BCUT2D eigenvalue weighted by atomic mass is 9.86. The molecule has 1 aromatic carbocycles. The summed E-state index contributed by atoms with van der Waals surface area (Å²) in [6, 6.07) is 10.8. The minimum Gasteiger partial charge on any atom is -0.271 e. The van der Waals surface area contributed by atoms with Gasteiger partial charge in [0.05, 0.1) is 5.52 Å². The van der Waals surface area contributed by atoms with Crippen LogP contribution in [-0.2, 0) is 0 Å². The van der Waals surface area contributed by atoms with E-state index in [1.54, 1.807) is 0 Å². The first-order chi connectivity index (χ1) is 9.29. The van der Waals surface area contributed by atoms with Gasteiger partial charge in [-0.3, -0.25) is 16.3 Å². The molecule has 1 aliphatic carbocycles. The van der Waals surface area contributed by atoms with Crippen molar-refractivity contribution in [1.29, 1.82) is 0 Å². The molecule has 0 aliphatic heterocycles. The molecule has 100 valence electrons. The zero-order valence-electron chi connectivity index (χ0n) is 11.3. The Balaban J connectivity index is 1.96. The molecule has 3 rings (SSSR count). The van der Waals surface area contributed by atoms with Crippen LogP contribution in [0.25, 0.3) is 10.9 Å². The van der Waals surface area contributed by atoms with E-state index in [-0.39, 0.29) is 6.04 Å². The second-order valence-corrected chi connectivity index (χ2v) is 5.67. The summed E-state index contributed by atoms with van der Waals surface area (Å²) in [4.78, 5) is 4.44. The molecule has 0 saturated heterocycles. The number of hydrogen-bond acceptors (Lipinski definition) is 3. The van der Waals surface area contributed by atoms with Gasteiger partial charge in [-0.05, 0) is 36.0 Å². The second-order valence-electron chi connectivity index (χ2n) is 5.67. The van der Waals surface area contributed by atoms with Gasteiger partial charge in [-0.25, -0.2) is 0 Å². The first-order valence-corrected chi connectivity index (χ1v) is 7.10. The molecule has 3 nitrogen and oxygen atoms in total. The fourth-order valence-electron chi connectivity index (χ4n) is 3.41. The first-order valence-electron chi connectivity index (χ1n) is 7.10. The lowest BCUT2D eigenvalue weighted by molar-refractivity contribution is 0.305. The van der Waals surface area contributed by atoms with E-state index in [0.717, 1.165) is 11.4 Å². The molecule has 0 spiro atoms. The highest BCUT2D eigenvalue weighted by Gasteiger charge is 2.31. The summed E-state index contributed by atoms with van der Waals surface area (Å²) in [7, 11) is 0. The Hall–Kier alpha value is -1.45. The highest BCUT2D eigenvalue weighted by Crippen LogP contribution is 2.40. The SMILES string of the molecule is CC1CCCC1C(NN)c1ccc2cccnc2c1. The van der Waals surface area contributed by atoms with E-state index in [1.165, 1.54) is 30.2 Å². The van der Waals surface area contributed by atoms with Gasteiger partial charge in [0.25, 0.3) is 0 Å². The van der Waals surface area contributed by atoms with Crippen molar-refractivity contribution < 1.29 is 0 Å². The molecule has 1 heterocycles. The van der Waals surface area contributed by atoms with E-state index in [4.69, 9.17) is 5.84 Å². The van der Waals surface area contributed by atoms with Gasteiger partial charge in [0.1, 0.15) is 0 Å². The van der Waals surface area contributed by atoms with Gasteiger partial charge < -0.3 is 0 Å². The van der Waals surface area contributed by atoms with E-state index >= 15 is 0 Å². The highest BCUT2D eigenvalue weighted by molar-refractivity contribution is 5.79. The molecule has 3 N–H and O–H groups in total. The largest absolute Gasteiger partial charge is 0.271 e. The van der Waals surface area contributed by atoms with E-state index in [1.807, 2.05) is 12.3 Å². The van der Waals surface area contributed by atoms with Crippen LogP contribution in [0.3, 0.4) is 0 Å². The van der Waals surface area contributed by atoms with Crippen molar-refractivity contribution in [2.75, 3.05) is 0 Å². The number of pyridine rings is 1. The Morgan fingerprint density at radius 3 is 2.95 bits per heavy atom. The summed E-state index contributed by atoms with van der Waals surface area (Å²) in [6.45, 7) is 2.33.